The van der Waals surface area contributed by atoms with E-state index in [1.165, 1.54) is 5.69 Å². The van der Waals surface area contributed by atoms with E-state index in [-0.39, 0.29) is 11.8 Å². The Bertz CT molecular complexity index is 704. The number of aryl methyl sites for hydroxylation is 1. The van der Waals surface area contributed by atoms with Gasteiger partial charge in [-0.05, 0) is 37.1 Å². The molecule has 1 fully saturated rings. The van der Waals surface area contributed by atoms with Gasteiger partial charge in [0.15, 0.2) is 0 Å². The van der Waals surface area contributed by atoms with E-state index in [4.69, 9.17) is 4.74 Å². The number of anilines is 2. The number of fused-ring (bicyclic) bond motifs is 1. The Morgan fingerprint density at radius 3 is 2.83 bits per heavy atom. The van der Waals surface area contributed by atoms with Gasteiger partial charge in [0.25, 0.3) is 0 Å². The summed E-state index contributed by atoms with van der Waals surface area (Å²) in [6.07, 6.45) is 4.19. The second kappa shape index (κ2) is 6.65. The van der Waals surface area contributed by atoms with Crippen LogP contribution in [0.25, 0.3) is 0 Å². The number of imidazole rings is 1. The van der Waals surface area contributed by atoms with Crippen LogP contribution in [0.4, 0.5) is 11.4 Å². The SMILES string of the molecule is O=C(Nc1ccc(N2CCOCC2)cc1)C1CCc2nc[nH]c2C1. The zero-order chi connectivity index (χ0) is 16.4. The van der Waals surface area contributed by atoms with Crippen molar-refractivity contribution < 1.29 is 9.53 Å². The Balaban J connectivity index is 1.37. The molecular weight excluding hydrogens is 304 g/mol. The van der Waals surface area contributed by atoms with Gasteiger partial charge in [0, 0.05) is 42.5 Å². The van der Waals surface area contributed by atoms with E-state index in [0.717, 1.165) is 62.6 Å². The van der Waals surface area contributed by atoms with Crippen LogP contribution in [-0.2, 0) is 22.4 Å². The average Bonchev–Trinajstić information content (AvgIpc) is 3.11. The number of carbonyl (C=O) groups is 1. The number of aromatic amines is 1. The lowest BCUT2D eigenvalue weighted by Crippen LogP contribution is -2.36. The maximum Gasteiger partial charge on any atom is 0.227 e. The van der Waals surface area contributed by atoms with Crippen LogP contribution in [-0.4, -0.2) is 42.2 Å². The standard InChI is InChI=1S/C18H22N4O2/c23-18(13-1-6-16-17(11-13)20-12-19-16)21-14-2-4-15(5-3-14)22-7-9-24-10-8-22/h2-5,12-13H,1,6-11H2,(H,19,20)(H,21,23). The molecule has 24 heavy (non-hydrogen) atoms. The van der Waals surface area contributed by atoms with Crippen molar-refractivity contribution in [3.63, 3.8) is 0 Å². The minimum absolute atomic E-state index is 0.0110. The van der Waals surface area contributed by atoms with Gasteiger partial charge in [0.2, 0.25) is 5.91 Å². The number of amides is 1. The molecule has 0 spiro atoms. The van der Waals surface area contributed by atoms with E-state index in [1.54, 1.807) is 6.33 Å². The van der Waals surface area contributed by atoms with E-state index >= 15 is 0 Å². The van der Waals surface area contributed by atoms with Gasteiger partial charge in [0.05, 0.1) is 25.2 Å². The number of H-pyrrole nitrogens is 1. The van der Waals surface area contributed by atoms with E-state index in [1.807, 2.05) is 12.1 Å². The Hall–Kier alpha value is -2.34. The number of nitrogens with zero attached hydrogens (tertiary/aromatic N) is 2. The Morgan fingerprint density at radius 1 is 1.25 bits per heavy atom. The zero-order valence-electron chi connectivity index (χ0n) is 13.6. The molecule has 0 saturated carbocycles. The lowest BCUT2D eigenvalue weighted by molar-refractivity contribution is -0.120. The molecule has 6 nitrogen and oxygen atoms in total. The Kier molecular flexibility index (Phi) is 4.21. The molecule has 6 heteroatoms. The molecule has 1 aromatic carbocycles. The maximum absolute atomic E-state index is 12.5. The fraction of sp³-hybridized carbons (Fsp3) is 0.444. The Morgan fingerprint density at radius 2 is 2.04 bits per heavy atom. The summed E-state index contributed by atoms with van der Waals surface area (Å²) in [4.78, 5) is 22.2. The van der Waals surface area contributed by atoms with Crippen molar-refractivity contribution in [3.8, 4) is 0 Å². The highest BCUT2D eigenvalue weighted by atomic mass is 16.5. The molecule has 1 atom stereocenters. The first-order valence-electron chi connectivity index (χ1n) is 8.54. The summed E-state index contributed by atoms with van der Waals surface area (Å²) in [5, 5.41) is 3.05. The highest BCUT2D eigenvalue weighted by molar-refractivity contribution is 5.93. The lowest BCUT2D eigenvalue weighted by atomic mass is 9.89. The summed E-state index contributed by atoms with van der Waals surface area (Å²) in [6.45, 7) is 3.38. The molecule has 0 radical (unpaired) electrons. The van der Waals surface area contributed by atoms with E-state index in [0.29, 0.717) is 0 Å². The highest BCUT2D eigenvalue weighted by Crippen LogP contribution is 2.25. The van der Waals surface area contributed by atoms with Crippen LogP contribution in [0.5, 0.6) is 0 Å². The number of aromatic nitrogens is 2. The number of hydrogen-bond donors (Lipinski definition) is 2. The van der Waals surface area contributed by atoms with Crippen LogP contribution in [0.15, 0.2) is 30.6 Å². The summed E-state index contributed by atoms with van der Waals surface area (Å²) >= 11 is 0. The first kappa shape index (κ1) is 15.2. The molecule has 4 rings (SSSR count). The fourth-order valence-electron chi connectivity index (χ4n) is 3.45. The van der Waals surface area contributed by atoms with Crippen molar-refractivity contribution in [2.75, 3.05) is 36.5 Å². The molecule has 1 saturated heterocycles. The summed E-state index contributed by atoms with van der Waals surface area (Å²) in [6, 6.07) is 8.09. The van der Waals surface area contributed by atoms with Gasteiger partial charge in [-0.1, -0.05) is 0 Å². The Labute approximate surface area is 141 Å². The average molecular weight is 326 g/mol. The molecule has 2 N–H and O–H groups in total. The van der Waals surface area contributed by atoms with Crippen LogP contribution in [0.3, 0.4) is 0 Å². The van der Waals surface area contributed by atoms with Gasteiger partial charge in [-0.3, -0.25) is 4.79 Å². The maximum atomic E-state index is 12.5. The molecular formula is C18H22N4O2. The summed E-state index contributed by atoms with van der Waals surface area (Å²) in [5.41, 5.74) is 4.24. The number of benzene rings is 1. The quantitative estimate of drug-likeness (QED) is 0.905. The number of morpholine rings is 1. The molecule has 2 aromatic rings. The normalized spacial score (nSPS) is 20.5. The van der Waals surface area contributed by atoms with E-state index in [9.17, 15) is 4.79 Å². The van der Waals surface area contributed by atoms with Crippen LogP contribution in [0, 0.1) is 5.92 Å². The zero-order valence-corrected chi connectivity index (χ0v) is 13.6. The lowest BCUT2D eigenvalue weighted by Gasteiger charge is -2.29. The van der Waals surface area contributed by atoms with Crippen LogP contribution < -0.4 is 10.2 Å². The number of hydrogen-bond acceptors (Lipinski definition) is 4. The molecule has 0 bridgehead atoms. The third kappa shape index (κ3) is 3.14. The number of rotatable bonds is 3. The summed E-state index contributed by atoms with van der Waals surface area (Å²) in [5.74, 6) is 0.103. The highest BCUT2D eigenvalue weighted by Gasteiger charge is 2.26. The first-order valence-corrected chi connectivity index (χ1v) is 8.54. The molecule has 126 valence electrons. The van der Waals surface area contributed by atoms with Crippen LogP contribution in [0.1, 0.15) is 17.8 Å². The van der Waals surface area contributed by atoms with Crippen molar-refractivity contribution >= 4 is 17.3 Å². The number of ether oxygens (including phenoxy) is 1. The van der Waals surface area contributed by atoms with Crippen molar-refractivity contribution in [1.82, 2.24) is 9.97 Å². The largest absolute Gasteiger partial charge is 0.378 e. The molecule has 1 aliphatic carbocycles. The smallest absolute Gasteiger partial charge is 0.227 e. The number of nitrogens with one attached hydrogen (secondary N) is 2. The fourth-order valence-corrected chi connectivity index (χ4v) is 3.45. The van der Waals surface area contributed by atoms with Crippen LogP contribution in [0.2, 0.25) is 0 Å². The van der Waals surface area contributed by atoms with Gasteiger partial charge in [0.1, 0.15) is 0 Å². The molecule has 1 amide bonds. The van der Waals surface area contributed by atoms with E-state index in [2.05, 4.69) is 32.3 Å². The van der Waals surface area contributed by atoms with Gasteiger partial charge < -0.3 is 19.9 Å². The molecule has 2 heterocycles. The summed E-state index contributed by atoms with van der Waals surface area (Å²) < 4.78 is 5.38. The second-order valence-corrected chi connectivity index (χ2v) is 6.40. The molecule has 1 aliphatic heterocycles. The van der Waals surface area contributed by atoms with Crippen molar-refractivity contribution in [1.29, 1.82) is 0 Å². The first-order chi connectivity index (χ1) is 11.8. The topological polar surface area (TPSA) is 70.2 Å². The van der Waals surface area contributed by atoms with Crippen molar-refractivity contribution in [2.45, 2.75) is 19.3 Å². The molecule has 2 aliphatic rings. The van der Waals surface area contributed by atoms with Gasteiger partial charge in [-0.25, -0.2) is 4.98 Å². The van der Waals surface area contributed by atoms with Gasteiger partial charge in [-0.15, -0.1) is 0 Å². The third-order valence-corrected chi connectivity index (χ3v) is 4.87. The minimum atomic E-state index is 0.0110. The van der Waals surface area contributed by atoms with Crippen molar-refractivity contribution in [3.05, 3.63) is 42.0 Å². The molecule has 1 unspecified atom stereocenters. The van der Waals surface area contributed by atoms with Gasteiger partial charge in [-0.2, -0.15) is 0 Å². The van der Waals surface area contributed by atoms with Gasteiger partial charge >= 0.3 is 0 Å². The van der Waals surface area contributed by atoms with Crippen molar-refractivity contribution in [2.24, 2.45) is 5.92 Å². The second-order valence-electron chi connectivity index (χ2n) is 6.40. The monoisotopic (exact) mass is 326 g/mol. The molecule has 1 aromatic heterocycles. The van der Waals surface area contributed by atoms with E-state index < -0.39 is 0 Å². The van der Waals surface area contributed by atoms with Crippen LogP contribution >= 0.6 is 0 Å². The minimum Gasteiger partial charge on any atom is -0.378 e. The number of carbonyl (C=O) groups excluding carboxylic acids is 1. The summed E-state index contributed by atoms with van der Waals surface area (Å²) in [7, 11) is 0. The third-order valence-electron chi connectivity index (χ3n) is 4.87. The predicted molar refractivity (Wildman–Crippen MR) is 92.2 cm³/mol. The predicted octanol–water partition coefficient (Wildman–Crippen LogP) is 1.99.